The fourth-order valence-corrected chi connectivity index (χ4v) is 9.57. The highest BCUT2D eigenvalue weighted by Gasteiger charge is 2.40. The Kier molecular flexibility index (Phi) is 13.9. The Balaban J connectivity index is 1.09. The average molecular weight is 905 g/mol. The number of hydrogen-bond acceptors (Lipinski definition) is 11. The van der Waals surface area contributed by atoms with E-state index >= 15 is 0 Å². The van der Waals surface area contributed by atoms with Gasteiger partial charge in [-0.05, 0) is 92.3 Å². The number of rotatable bonds is 16. The number of nitro groups is 1. The normalized spacial score (nSPS) is 14.3. The molecule has 0 radical (unpaired) electrons. The molecule has 5 aromatic carbocycles. The minimum atomic E-state index is -5.15. The molecule has 1 atom stereocenters. The van der Waals surface area contributed by atoms with Crippen molar-refractivity contribution in [1.29, 1.82) is 0 Å². The van der Waals surface area contributed by atoms with Crippen molar-refractivity contribution in [1.82, 2.24) is 19.8 Å². The molecule has 324 valence electrons. The zero-order valence-electron chi connectivity index (χ0n) is 33.8. The molecule has 0 spiro atoms. The van der Waals surface area contributed by atoms with Crippen LogP contribution in [0.5, 0.6) is 0 Å². The van der Waals surface area contributed by atoms with E-state index in [0.717, 1.165) is 46.7 Å². The van der Waals surface area contributed by atoms with Gasteiger partial charge < -0.3 is 15.1 Å². The van der Waals surface area contributed by atoms with Gasteiger partial charge in [0.05, 0.1) is 20.9 Å². The highest BCUT2D eigenvalue weighted by atomic mass is 35.5. The van der Waals surface area contributed by atoms with Crippen molar-refractivity contribution in [2.24, 2.45) is 0 Å². The summed E-state index contributed by atoms with van der Waals surface area (Å²) >= 11 is 7.79. The van der Waals surface area contributed by atoms with Crippen LogP contribution in [0.1, 0.15) is 17.5 Å². The van der Waals surface area contributed by atoms with Gasteiger partial charge in [0, 0.05) is 71.6 Å². The number of anilines is 3. The van der Waals surface area contributed by atoms with E-state index in [1.165, 1.54) is 11.8 Å². The van der Waals surface area contributed by atoms with Gasteiger partial charge in [-0.1, -0.05) is 66.2 Å². The van der Waals surface area contributed by atoms with Crippen LogP contribution in [0.15, 0.2) is 125 Å². The molecule has 18 heteroatoms. The number of piperazine rings is 1. The van der Waals surface area contributed by atoms with Crippen LogP contribution in [0.4, 0.5) is 36.1 Å². The van der Waals surface area contributed by atoms with E-state index in [1.807, 2.05) is 85.7 Å². The first kappa shape index (κ1) is 44.6. The molecule has 6 aromatic rings. The number of fused-ring (bicyclic) bond motifs is 1. The smallest absolute Gasteiger partial charge is 0.375 e. The maximum absolute atomic E-state index is 14.8. The molecule has 7 rings (SSSR count). The summed E-state index contributed by atoms with van der Waals surface area (Å²) in [5.41, 5.74) is 1.30. The summed E-state index contributed by atoms with van der Waals surface area (Å²) in [6.07, 6.45) is -3.65. The Morgan fingerprint density at radius 2 is 1.63 bits per heavy atom. The van der Waals surface area contributed by atoms with E-state index in [1.54, 1.807) is 18.2 Å². The number of alkyl halides is 3. The molecule has 0 aliphatic carbocycles. The van der Waals surface area contributed by atoms with E-state index in [9.17, 15) is 31.7 Å². The number of thioether (sulfide) groups is 1. The largest absolute Gasteiger partial charge is 0.418 e. The highest BCUT2D eigenvalue weighted by Crippen LogP contribution is 2.43. The third-order valence-corrected chi connectivity index (χ3v) is 13.2. The van der Waals surface area contributed by atoms with Crippen molar-refractivity contribution in [2.45, 2.75) is 35.0 Å². The summed E-state index contributed by atoms with van der Waals surface area (Å²) < 4.78 is 74.4. The van der Waals surface area contributed by atoms with Crippen LogP contribution in [0.2, 0.25) is 5.02 Å². The van der Waals surface area contributed by atoms with Crippen LogP contribution < -0.4 is 14.9 Å². The molecule has 1 aliphatic rings. The maximum atomic E-state index is 14.8. The molecular weight excluding hydrogens is 861 g/mol. The SMILES string of the molecule is CN(C)CC[C@H](CSc1ccccc1)Nc1c([N+](=O)[O-])cc(S(=O)(=O)Nc2ncnc3cc(N4CCN(Cc5cc(Cl)ccc5-c5ccccc5)CC4)ccc23)cc1C(F)(F)F. The summed E-state index contributed by atoms with van der Waals surface area (Å²) in [6.45, 7) is 4.11. The summed E-state index contributed by atoms with van der Waals surface area (Å²) in [7, 11) is -1.23. The van der Waals surface area contributed by atoms with Gasteiger partial charge in [0.2, 0.25) is 0 Å². The number of benzene rings is 5. The first-order chi connectivity index (χ1) is 29.6. The molecule has 2 heterocycles. The predicted molar refractivity (Wildman–Crippen MR) is 241 cm³/mol. The van der Waals surface area contributed by atoms with E-state index < -0.39 is 49.0 Å². The van der Waals surface area contributed by atoms with E-state index in [-0.39, 0.29) is 17.0 Å². The predicted octanol–water partition coefficient (Wildman–Crippen LogP) is 9.52. The zero-order valence-corrected chi connectivity index (χ0v) is 36.2. The van der Waals surface area contributed by atoms with Gasteiger partial charge in [-0.15, -0.1) is 11.8 Å². The van der Waals surface area contributed by atoms with Gasteiger partial charge in [-0.3, -0.25) is 19.7 Å². The lowest BCUT2D eigenvalue weighted by Crippen LogP contribution is -2.46. The summed E-state index contributed by atoms with van der Waals surface area (Å²) in [5, 5.41) is 16.2. The van der Waals surface area contributed by atoms with Crippen LogP contribution in [-0.2, 0) is 22.7 Å². The van der Waals surface area contributed by atoms with Crippen molar-refractivity contribution in [2.75, 3.05) is 67.5 Å². The summed E-state index contributed by atoms with van der Waals surface area (Å²) in [5.74, 6) is 0.0919. The van der Waals surface area contributed by atoms with Gasteiger partial charge >= 0.3 is 6.18 Å². The molecular formula is C44H44ClF3N8O4S2. The Morgan fingerprint density at radius 1 is 0.919 bits per heavy atom. The second-order valence-electron chi connectivity index (χ2n) is 15.1. The lowest BCUT2D eigenvalue weighted by Gasteiger charge is -2.36. The number of hydrogen-bond donors (Lipinski definition) is 2. The van der Waals surface area contributed by atoms with Crippen LogP contribution in [0.25, 0.3) is 22.0 Å². The highest BCUT2D eigenvalue weighted by molar-refractivity contribution is 7.99. The molecule has 12 nitrogen and oxygen atoms in total. The Hall–Kier alpha value is -5.46. The molecule has 62 heavy (non-hydrogen) atoms. The van der Waals surface area contributed by atoms with Crippen molar-refractivity contribution < 1.29 is 26.5 Å². The van der Waals surface area contributed by atoms with E-state index in [0.29, 0.717) is 55.3 Å². The first-order valence-electron chi connectivity index (χ1n) is 19.7. The Morgan fingerprint density at radius 3 is 2.31 bits per heavy atom. The van der Waals surface area contributed by atoms with Crippen molar-refractivity contribution in [3.05, 3.63) is 142 Å². The Bertz CT molecular complexity index is 2640. The number of halogens is 4. The van der Waals surface area contributed by atoms with Gasteiger partial charge in [0.1, 0.15) is 12.0 Å². The van der Waals surface area contributed by atoms with Gasteiger partial charge in [0.25, 0.3) is 15.7 Å². The topological polar surface area (TPSA) is 137 Å². The second-order valence-corrected chi connectivity index (χ2v) is 18.3. The first-order valence-corrected chi connectivity index (χ1v) is 22.6. The minimum absolute atomic E-state index is 0.192. The molecule has 0 saturated carbocycles. The molecule has 0 amide bonds. The monoisotopic (exact) mass is 904 g/mol. The van der Waals surface area contributed by atoms with Crippen molar-refractivity contribution in [3.63, 3.8) is 0 Å². The molecule has 0 unspecified atom stereocenters. The van der Waals surface area contributed by atoms with Crippen LogP contribution in [0.3, 0.4) is 0 Å². The third-order valence-electron chi connectivity index (χ3n) is 10.5. The maximum Gasteiger partial charge on any atom is 0.418 e. The lowest BCUT2D eigenvalue weighted by atomic mass is 9.99. The fourth-order valence-electron chi connectivity index (χ4n) is 7.31. The minimum Gasteiger partial charge on any atom is -0.375 e. The molecule has 1 fully saturated rings. The summed E-state index contributed by atoms with van der Waals surface area (Å²) in [4.78, 5) is 26.2. The lowest BCUT2D eigenvalue weighted by molar-refractivity contribution is -0.384. The molecule has 0 bridgehead atoms. The quantitative estimate of drug-likeness (QED) is 0.0546. The van der Waals surface area contributed by atoms with Gasteiger partial charge in [0.15, 0.2) is 5.82 Å². The third kappa shape index (κ3) is 10.9. The van der Waals surface area contributed by atoms with Crippen molar-refractivity contribution in [3.8, 4) is 11.1 Å². The average Bonchev–Trinajstić information content (AvgIpc) is 3.25. The number of nitro benzene ring substituents is 1. The standard InChI is InChI=1S/C44H44ClF3N8O4S2/c1-53(2)18-17-33(28-61-35-11-7-4-8-12-35)51-42-39(44(46,47)48)25-36(26-41(42)56(57)58)62(59,60)52-43-38-16-14-34(24-40(38)49-29-50-43)55-21-19-54(20-22-55)27-31-23-32(45)13-15-37(31)30-9-5-3-6-10-30/h3-16,23-26,29,33,51H,17-22,27-28H2,1-2H3,(H,49,50,52)/t33-/m1/s1. The van der Waals surface area contributed by atoms with Gasteiger partial charge in [-0.25, -0.2) is 18.4 Å². The second kappa shape index (κ2) is 19.3. The number of nitrogens with one attached hydrogen (secondary N) is 2. The number of nitrogens with zero attached hydrogens (tertiary/aromatic N) is 6. The number of sulfonamides is 1. The zero-order chi connectivity index (χ0) is 44.0. The van der Waals surface area contributed by atoms with Crippen LogP contribution >= 0.6 is 23.4 Å². The molecule has 2 N–H and O–H groups in total. The fraction of sp³-hybridized carbons (Fsp3) is 0.273. The summed E-state index contributed by atoms with van der Waals surface area (Å²) in [6, 6.07) is 31.0. The van der Waals surface area contributed by atoms with Crippen LogP contribution in [0, 0.1) is 10.1 Å². The van der Waals surface area contributed by atoms with Gasteiger partial charge in [-0.2, -0.15) is 13.2 Å². The number of aromatic nitrogens is 2. The van der Waals surface area contributed by atoms with Crippen molar-refractivity contribution >= 4 is 67.2 Å². The molecule has 1 saturated heterocycles. The van der Waals surface area contributed by atoms with E-state index in [4.69, 9.17) is 11.6 Å². The Labute approximate surface area is 367 Å². The van der Waals surface area contributed by atoms with E-state index in [2.05, 4.69) is 41.9 Å². The molecule has 1 aromatic heterocycles. The van der Waals surface area contributed by atoms with Crippen LogP contribution in [-0.4, -0.2) is 91.7 Å². The molecule has 1 aliphatic heterocycles.